The van der Waals surface area contributed by atoms with Gasteiger partial charge in [-0.1, -0.05) is 27.2 Å². The lowest BCUT2D eigenvalue weighted by atomic mass is 9.67. The molecule has 0 aromatic rings. The maximum atomic E-state index is 11.4. The number of cyclic esters (lactones) is 1. The molecule has 0 aromatic carbocycles. The Morgan fingerprint density at radius 1 is 1.42 bits per heavy atom. The molecule has 2 aliphatic rings. The maximum absolute atomic E-state index is 11.4. The average molecular weight is 396 g/mol. The van der Waals surface area contributed by atoms with E-state index in [1.165, 1.54) is 12.8 Å². The zero-order valence-corrected chi connectivity index (χ0v) is 14.7. The van der Waals surface area contributed by atoms with Crippen molar-refractivity contribution < 1.29 is 14.3 Å². The highest BCUT2D eigenvalue weighted by molar-refractivity contribution is 9.14. The molecule has 0 amide bonds. The van der Waals surface area contributed by atoms with Gasteiger partial charge in [-0.15, -0.1) is 0 Å². The fourth-order valence-electron chi connectivity index (χ4n) is 2.76. The third-order valence-corrected chi connectivity index (χ3v) is 6.54. The molecule has 108 valence electrons. The summed E-state index contributed by atoms with van der Waals surface area (Å²) < 4.78 is 12.3. The van der Waals surface area contributed by atoms with Gasteiger partial charge in [-0.2, -0.15) is 0 Å². The van der Waals surface area contributed by atoms with Crippen LogP contribution in [0.2, 0.25) is 0 Å². The number of esters is 1. The Hall–Kier alpha value is 0.130. The van der Waals surface area contributed by atoms with E-state index in [1.54, 1.807) is 0 Å². The first-order valence-corrected chi connectivity index (χ1v) is 8.33. The summed E-state index contributed by atoms with van der Waals surface area (Å²) in [5.41, 5.74) is 0.318. The third kappa shape index (κ3) is 3.24. The molecule has 0 N–H and O–H groups in total. The summed E-state index contributed by atoms with van der Waals surface area (Å²) in [6.07, 6.45) is 4.05. The van der Waals surface area contributed by atoms with Crippen molar-refractivity contribution in [3.63, 3.8) is 0 Å². The minimum absolute atomic E-state index is 0.157. The monoisotopic (exact) mass is 394 g/mol. The predicted octanol–water partition coefficient (Wildman–Crippen LogP) is 4.49. The second-order valence-electron chi connectivity index (χ2n) is 6.06. The van der Waals surface area contributed by atoms with Gasteiger partial charge in [0.1, 0.15) is 4.48 Å². The van der Waals surface area contributed by atoms with E-state index in [2.05, 4.69) is 52.6 Å². The number of hydrogen-bond acceptors (Lipinski definition) is 3. The van der Waals surface area contributed by atoms with Crippen molar-refractivity contribution in [1.82, 2.24) is 0 Å². The molecule has 3 nitrogen and oxygen atoms in total. The minimum atomic E-state index is -0.582. The molecule has 5 heteroatoms. The summed E-state index contributed by atoms with van der Waals surface area (Å²) in [4.78, 5) is 11.4. The standard InChI is InChI=1S/C14H20Br2O3/c1-8(2)14(3)6-4-5-9(7-14)18-13-11(16)10(15)12(17)19-13/h8-9,13H,4-7H2,1-3H3/t9?,13-,14?/m0/s1. The zero-order valence-electron chi connectivity index (χ0n) is 11.5. The lowest BCUT2D eigenvalue weighted by molar-refractivity contribution is -0.174. The van der Waals surface area contributed by atoms with E-state index >= 15 is 0 Å². The SMILES string of the molecule is CC(C)C1(C)CCCC(O[C@H]2OC(=O)C(Br)=C2Br)C1. The van der Waals surface area contributed by atoms with Gasteiger partial charge in [0.05, 0.1) is 10.6 Å². The van der Waals surface area contributed by atoms with E-state index in [9.17, 15) is 4.79 Å². The van der Waals surface area contributed by atoms with Crippen LogP contribution in [-0.4, -0.2) is 18.4 Å². The van der Waals surface area contributed by atoms with Crippen LogP contribution in [0, 0.1) is 11.3 Å². The second kappa shape index (κ2) is 5.86. The largest absolute Gasteiger partial charge is 0.427 e. The first-order valence-electron chi connectivity index (χ1n) is 6.75. The second-order valence-corrected chi connectivity index (χ2v) is 7.71. The Bertz CT molecular complexity index is 405. The van der Waals surface area contributed by atoms with Crippen LogP contribution >= 0.6 is 31.9 Å². The molecule has 1 saturated carbocycles. The summed E-state index contributed by atoms with van der Waals surface area (Å²) in [5.74, 6) is 0.273. The fourth-order valence-corrected chi connectivity index (χ4v) is 3.41. The van der Waals surface area contributed by atoms with E-state index in [0.29, 0.717) is 20.3 Å². The normalized spacial score (nSPS) is 36.0. The molecule has 0 bridgehead atoms. The summed E-state index contributed by atoms with van der Waals surface area (Å²) in [5, 5.41) is 0. The number of rotatable bonds is 3. The third-order valence-electron chi connectivity index (χ3n) is 4.49. The highest BCUT2D eigenvalue weighted by atomic mass is 79.9. The molecule has 19 heavy (non-hydrogen) atoms. The Morgan fingerprint density at radius 2 is 2.11 bits per heavy atom. The quantitative estimate of drug-likeness (QED) is 0.660. The van der Waals surface area contributed by atoms with Crippen molar-refractivity contribution in [2.75, 3.05) is 0 Å². The molecule has 1 aliphatic carbocycles. The molecule has 2 rings (SSSR count). The van der Waals surface area contributed by atoms with Gasteiger partial charge in [0.2, 0.25) is 6.29 Å². The van der Waals surface area contributed by atoms with Crippen LogP contribution in [0.25, 0.3) is 0 Å². The molecule has 1 aliphatic heterocycles. The highest BCUT2D eigenvalue weighted by Crippen LogP contribution is 2.44. The maximum Gasteiger partial charge on any atom is 0.348 e. The van der Waals surface area contributed by atoms with Crippen molar-refractivity contribution in [1.29, 1.82) is 0 Å². The Morgan fingerprint density at radius 3 is 2.63 bits per heavy atom. The summed E-state index contributed by atoms with van der Waals surface area (Å²) in [6, 6.07) is 0. The highest BCUT2D eigenvalue weighted by Gasteiger charge is 2.39. The summed E-state index contributed by atoms with van der Waals surface area (Å²) in [7, 11) is 0. The molecule has 1 heterocycles. The molecule has 2 unspecified atom stereocenters. The van der Waals surface area contributed by atoms with E-state index in [1.807, 2.05) is 0 Å². The van der Waals surface area contributed by atoms with Gasteiger partial charge < -0.3 is 9.47 Å². The molecular weight excluding hydrogens is 376 g/mol. The van der Waals surface area contributed by atoms with Crippen LogP contribution < -0.4 is 0 Å². The summed E-state index contributed by atoms with van der Waals surface area (Å²) >= 11 is 6.55. The summed E-state index contributed by atoms with van der Waals surface area (Å²) in [6.45, 7) is 6.86. The molecule has 3 atom stereocenters. The first kappa shape index (κ1) is 15.5. The van der Waals surface area contributed by atoms with Gasteiger partial charge >= 0.3 is 5.97 Å². The number of hydrogen-bond donors (Lipinski definition) is 0. The molecule has 0 aromatic heterocycles. The van der Waals surface area contributed by atoms with Gasteiger partial charge in [-0.05, 0) is 62.5 Å². The van der Waals surface area contributed by atoms with E-state index in [0.717, 1.165) is 12.8 Å². The van der Waals surface area contributed by atoms with Crippen LogP contribution in [0.4, 0.5) is 0 Å². The number of carbonyl (C=O) groups is 1. The topological polar surface area (TPSA) is 35.5 Å². The lowest BCUT2D eigenvalue weighted by Gasteiger charge is -2.41. The predicted molar refractivity (Wildman–Crippen MR) is 81.0 cm³/mol. The van der Waals surface area contributed by atoms with Gasteiger partial charge in [0.15, 0.2) is 0 Å². The number of halogens is 2. The van der Waals surface area contributed by atoms with Gasteiger partial charge in [0, 0.05) is 0 Å². The van der Waals surface area contributed by atoms with Crippen molar-refractivity contribution in [3.8, 4) is 0 Å². The minimum Gasteiger partial charge on any atom is -0.427 e. The van der Waals surface area contributed by atoms with Crippen LogP contribution in [0.5, 0.6) is 0 Å². The number of ether oxygens (including phenoxy) is 2. The van der Waals surface area contributed by atoms with Gasteiger partial charge in [-0.25, -0.2) is 4.79 Å². The number of carbonyl (C=O) groups excluding carboxylic acids is 1. The van der Waals surface area contributed by atoms with E-state index < -0.39 is 6.29 Å². The van der Waals surface area contributed by atoms with Gasteiger partial charge in [0.25, 0.3) is 0 Å². The van der Waals surface area contributed by atoms with Crippen molar-refractivity contribution in [3.05, 3.63) is 8.96 Å². The van der Waals surface area contributed by atoms with Crippen LogP contribution in [-0.2, 0) is 14.3 Å². The molecular formula is C14H20Br2O3. The van der Waals surface area contributed by atoms with Crippen molar-refractivity contribution >= 4 is 37.8 Å². The fraction of sp³-hybridized carbons (Fsp3) is 0.786. The molecule has 0 radical (unpaired) electrons. The van der Waals surface area contributed by atoms with Crippen LogP contribution in [0.15, 0.2) is 8.96 Å². The van der Waals surface area contributed by atoms with Crippen LogP contribution in [0.3, 0.4) is 0 Å². The first-order chi connectivity index (χ1) is 8.83. The average Bonchev–Trinajstić information content (AvgIpc) is 2.57. The van der Waals surface area contributed by atoms with Crippen molar-refractivity contribution in [2.45, 2.75) is 58.8 Å². The molecule has 0 saturated heterocycles. The van der Waals surface area contributed by atoms with Crippen molar-refractivity contribution in [2.24, 2.45) is 11.3 Å². The zero-order chi connectivity index (χ0) is 14.2. The van der Waals surface area contributed by atoms with E-state index in [4.69, 9.17) is 9.47 Å². The van der Waals surface area contributed by atoms with E-state index in [-0.39, 0.29) is 12.1 Å². The smallest absolute Gasteiger partial charge is 0.348 e. The Kier molecular flexibility index (Phi) is 4.79. The lowest BCUT2D eigenvalue weighted by Crippen LogP contribution is -2.36. The molecule has 1 fully saturated rings. The van der Waals surface area contributed by atoms with Crippen LogP contribution in [0.1, 0.15) is 46.5 Å². The Balaban J connectivity index is 1.99. The molecule has 0 spiro atoms. The Labute approximate surface area is 131 Å². The van der Waals surface area contributed by atoms with Gasteiger partial charge in [-0.3, -0.25) is 0 Å².